The second-order valence-corrected chi connectivity index (χ2v) is 5.42. The van der Waals surface area contributed by atoms with E-state index in [0.717, 1.165) is 5.56 Å². The number of ether oxygens (including phenoxy) is 2. The van der Waals surface area contributed by atoms with Crippen molar-refractivity contribution < 1.29 is 18.7 Å². The van der Waals surface area contributed by atoms with E-state index in [-0.39, 0.29) is 18.3 Å². The minimum atomic E-state index is -0.271. The molecule has 0 fully saturated rings. The molecule has 0 aliphatic carbocycles. The van der Waals surface area contributed by atoms with Crippen LogP contribution >= 0.6 is 0 Å². The Kier molecular flexibility index (Phi) is 6.14. The Hall–Kier alpha value is -2.60. The molecule has 2 rings (SSSR count). The van der Waals surface area contributed by atoms with Crippen molar-refractivity contribution in [2.75, 3.05) is 33.1 Å². The first-order chi connectivity index (χ1) is 11.5. The van der Waals surface area contributed by atoms with Gasteiger partial charge in [-0.15, -0.1) is 0 Å². The van der Waals surface area contributed by atoms with E-state index < -0.39 is 0 Å². The maximum Gasteiger partial charge on any atom is 0.238 e. The number of likely N-dealkylation sites (N-methyl/N-ethyl adjacent to an activating group) is 1. The Balaban J connectivity index is 1.91. The highest BCUT2D eigenvalue weighted by molar-refractivity contribution is 5.92. The third-order valence-electron chi connectivity index (χ3n) is 3.45. The lowest BCUT2D eigenvalue weighted by Gasteiger charge is -2.17. The van der Waals surface area contributed by atoms with Crippen molar-refractivity contribution in [2.45, 2.75) is 6.54 Å². The molecular weight excluding hydrogens is 311 g/mol. The average molecular weight is 332 g/mol. The van der Waals surface area contributed by atoms with Crippen LogP contribution in [0.25, 0.3) is 0 Å². The van der Waals surface area contributed by atoms with Gasteiger partial charge in [0.05, 0.1) is 20.8 Å². The van der Waals surface area contributed by atoms with Gasteiger partial charge in [-0.2, -0.15) is 0 Å². The number of carbonyl (C=O) groups is 1. The Bertz CT molecular complexity index is 689. The van der Waals surface area contributed by atoms with Gasteiger partial charge in [-0.1, -0.05) is 12.1 Å². The van der Waals surface area contributed by atoms with E-state index in [4.69, 9.17) is 9.47 Å². The molecule has 0 spiro atoms. The molecule has 0 aliphatic heterocycles. The summed E-state index contributed by atoms with van der Waals surface area (Å²) >= 11 is 0. The smallest absolute Gasteiger partial charge is 0.238 e. The summed E-state index contributed by atoms with van der Waals surface area (Å²) in [5, 5.41) is 2.82. The summed E-state index contributed by atoms with van der Waals surface area (Å²) < 4.78 is 23.3. The zero-order valence-corrected chi connectivity index (χ0v) is 14.0. The van der Waals surface area contributed by atoms with Gasteiger partial charge in [-0.25, -0.2) is 4.39 Å². The highest BCUT2D eigenvalue weighted by Crippen LogP contribution is 2.29. The van der Waals surface area contributed by atoms with E-state index in [1.54, 1.807) is 44.6 Å². The summed E-state index contributed by atoms with van der Waals surface area (Å²) in [6.07, 6.45) is 0. The Morgan fingerprint density at radius 1 is 1.08 bits per heavy atom. The number of methoxy groups -OCH3 is 2. The van der Waals surface area contributed by atoms with Gasteiger partial charge in [0.15, 0.2) is 11.5 Å². The van der Waals surface area contributed by atoms with Crippen LogP contribution in [0.15, 0.2) is 42.5 Å². The molecule has 0 saturated heterocycles. The molecule has 2 aromatic rings. The average Bonchev–Trinajstić information content (AvgIpc) is 2.56. The summed E-state index contributed by atoms with van der Waals surface area (Å²) in [7, 11) is 4.93. The molecular formula is C18H21FN2O3. The van der Waals surface area contributed by atoms with Crippen molar-refractivity contribution in [3.8, 4) is 11.5 Å². The van der Waals surface area contributed by atoms with Gasteiger partial charge >= 0.3 is 0 Å². The predicted octanol–water partition coefficient (Wildman–Crippen LogP) is 2.91. The second-order valence-electron chi connectivity index (χ2n) is 5.42. The van der Waals surface area contributed by atoms with E-state index in [1.807, 2.05) is 11.9 Å². The summed E-state index contributed by atoms with van der Waals surface area (Å²) in [4.78, 5) is 14.0. The minimum Gasteiger partial charge on any atom is -0.493 e. The lowest BCUT2D eigenvalue weighted by atomic mass is 10.2. The summed E-state index contributed by atoms with van der Waals surface area (Å²) in [6, 6.07) is 11.4. The Labute approximate surface area is 141 Å². The number of hydrogen-bond donors (Lipinski definition) is 1. The van der Waals surface area contributed by atoms with Crippen LogP contribution in [0, 0.1) is 5.82 Å². The first-order valence-corrected chi connectivity index (χ1v) is 7.46. The number of benzene rings is 2. The van der Waals surface area contributed by atoms with Gasteiger partial charge in [0.1, 0.15) is 5.82 Å². The van der Waals surface area contributed by atoms with Crippen LogP contribution in [0.2, 0.25) is 0 Å². The Morgan fingerprint density at radius 2 is 1.75 bits per heavy atom. The van der Waals surface area contributed by atoms with Crippen LogP contribution < -0.4 is 14.8 Å². The number of nitrogens with one attached hydrogen (secondary N) is 1. The fraction of sp³-hybridized carbons (Fsp3) is 0.278. The maximum absolute atomic E-state index is 12.9. The van der Waals surface area contributed by atoms with Gasteiger partial charge in [0.25, 0.3) is 0 Å². The number of hydrogen-bond acceptors (Lipinski definition) is 4. The predicted molar refractivity (Wildman–Crippen MR) is 90.9 cm³/mol. The summed E-state index contributed by atoms with van der Waals surface area (Å²) in [6.45, 7) is 0.769. The van der Waals surface area contributed by atoms with Gasteiger partial charge < -0.3 is 14.8 Å². The zero-order valence-electron chi connectivity index (χ0n) is 14.0. The third kappa shape index (κ3) is 4.96. The fourth-order valence-corrected chi connectivity index (χ4v) is 2.32. The largest absolute Gasteiger partial charge is 0.493 e. The van der Waals surface area contributed by atoms with Gasteiger partial charge in [0.2, 0.25) is 5.91 Å². The molecule has 24 heavy (non-hydrogen) atoms. The lowest BCUT2D eigenvalue weighted by Crippen LogP contribution is -2.29. The van der Waals surface area contributed by atoms with Gasteiger partial charge in [-0.3, -0.25) is 9.69 Å². The van der Waals surface area contributed by atoms with Gasteiger partial charge in [0, 0.05) is 18.3 Å². The monoisotopic (exact) mass is 332 g/mol. The topological polar surface area (TPSA) is 50.8 Å². The Morgan fingerprint density at radius 3 is 2.38 bits per heavy atom. The van der Waals surface area contributed by atoms with Crippen molar-refractivity contribution >= 4 is 11.6 Å². The first kappa shape index (κ1) is 17.7. The molecule has 0 radical (unpaired) electrons. The standard InChI is InChI=1S/C18H21FN2O3/c1-21(11-13-4-6-14(19)7-5-13)12-18(22)20-15-8-9-16(23-2)17(10-15)24-3/h4-10H,11-12H2,1-3H3,(H,20,22). The molecule has 0 saturated carbocycles. The molecule has 0 heterocycles. The van der Waals surface area contributed by atoms with E-state index in [0.29, 0.717) is 23.7 Å². The highest BCUT2D eigenvalue weighted by Gasteiger charge is 2.10. The molecule has 1 N–H and O–H groups in total. The van der Waals surface area contributed by atoms with E-state index in [9.17, 15) is 9.18 Å². The van der Waals surface area contributed by atoms with Crippen LogP contribution in [0.1, 0.15) is 5.56 Å². The number of amides is 1. The van der Waals surface area contributed by atoms with Crippen molar-refractivity contribution in [3.05, 3.63) is 53.8 Å². The molecule has 6 heteroatoms. The number of nitrogens with zero attached hydrogens (tertiary/aromatic N) is 1. The maximum atomic E-state index is 12.9. The molecule has 0 unspecified atom stereocenters. The fourth-order valence-electron chi connectivity index (χ4n) is 2.32. The molecule has 0 aromatic heterocycles. The molecule has 0 atom stereocenters. The van der Waals surface area contributed by atoms with E-state index in [1.165, 1.54) is 12.1 Å². The minimum absolute atomic E-state index is 0.146. The summed E-state index contributed by atoms with van der Waals surface area (Å²) in [5.74, 6) is 0.735. The molecule has 2 aromatic carbocycles. The molecule has 5 nitrogen and oxygen atoms in total. The first-order valence-electron chi connectivity index (χ1n) is 7.46. The van der Waals surface area contributed by atoms with Crippen molar-refractivity contribution in [1.82, 2.24) is 4.90 Å². The van der Waals surface area contributed by atoms with Crippen molar-refractivity contribution in [3.63, 3.8) is 0 Å². The number of carbonyl (C=O) groups excluding carboxylic acids is 1. The van der Waals surface area contributed by atoms with Crippen molar-refractivity contribution in [1.29, 1.82) is 0 Å². The summed E-state index contributed by atoms with van der Waals surface area (Å²) in [5.41, 5.74) is 1.57. The molecule has 0 aliphatic rings. The van der Waals surface area contributed by atoms with Crippen molar-refractivity contribution in [2.24, 2.45) is 0 Å². The third-order valence-corrected chi connectivity index (χ3v) is 3.45. The quantitative estimate of drug-likeness (QED) is 0.847. The van der Waals surface area contributed by atoms with Crippen LogP contribution in [-0.2, 0) is 11.3 Å². The number of anilines is 1. The highest BCUT2D eigenvalue weighted by atomic mass is 19.1. The van der Waals surface area contributed by atoms with Crippen LogP contribution in [0.3, 0.4) is 0 Å². The molecule has 0 bridgehead atoms. The number of rotatable bonds is 7. The van der Waals surface area contributed by atoms with E-state index >= 15 is 0 Å². The zero-order chi connectivity index (χ0) is 17.5. The van der Waals surface area contributed by atoms with E-state index in [2.05, 4.69) is 5.32 Å². The van der Waals surface area contributed by atoms with Crippen LogP contribution in [-0.4, -0.2) is 38.6 Å². The second kappa shape index (κ2) is 8.31. The SMILES string of the molecule is COc1ccc(NC(=O)CN(C)Cc2ccc(F)cc2)cc1OC. The molecule has 1 amide bonds. The van der Waals surface area contributed by atoms with Gasteiger partial charge in [-0.05, 0) is 36.9 Å². The number of halogens is 1. The molecule has 128 valence electrons. The van der Waals surface area contributed by atoms with Crippen LogP contribution in [0.5, 0.6) is 11.5 Å². The van der Waals surface area contributed by atoms with Crippen LogP contribution in [0.4, 0.5) is 10.1 Å². The lowest BCUT2D eigenvalue weighted by molar-refractivity contribution is -0.117. The normalized spacial score (nSPS) is 10.5.